The Morgan fingerprint density at radius 3 is 2.34 bits per heavy atom. The highest BCUT2D eigenvalue weighted by Gasteiger charge is 2.27. The summed E-state index contributed by atoms with van der Waals surface area (Å²) in [5.74, 6) is 0.876. The maximum absolute atomic E-state index is 11.9. The second-order valence-electron chi connectivity index (χ2n) is 8.07. The van der Waals surface area contributed by atoms with Crippen LogP contribution in [-0.4, -0.2) is 61.6 Å². The first-order valence-electron chi connectivity index (χ1n) is 11.1. The van der Waals surface area contributed by atoms with Crippen LogP contribution in [0.3, 0.4) is 0 Å². The second-order valence-corrected chi connectivity index (χ2v) is 8.07. The third kappa shape index (κ3) is 6.46. The number of piperidine rings is 2. The number of carbonyl (C=O) groups excluding carboxylic acids is 1. The van der Waals surface area contributed by atoms with Gasteiger partial charge in [-0.25, -0.2) is 0 Å². The van der Waals surface area contributed by atoms with Gasteiger partial charge in [0, 0.05) is 33.2 Å². The van der Waals surface area contributed by atoms with Gasteiger partial charge in [-0.05, 0) is 56.8 Å². The summed E-state index contributed by atoms with van der Waals surface area (Å²) in [4.78, 5) is 21.1. The van der Waals surface area contributed by atoms with Crippen LogP contribution in [0.5, 0.6) is 0 Å². The number of carbonyl (C=O) groups is 1. The lowest BCUT2D eigenvalue weighted by Crippen LogP contribution is -2.46. The van der Waals surface area contributed by atoms with E-state index in [1.165, 1.54) is 43.5 Å². The second kappa shape index (κ2) is 11.2. The predicted molar refractivity (Wildman–Crippen MR) is 117 cm³/mol. The van der Waals surface area contributed by atoms with Crippen molar-refractivity contribution in [2.24, 2.45) is 10.9 Å². The number of guanidine groups is 1. The number of benzene rings is 1. The summed E-state index contributed by atoms with van der Waals surface area (Å²) in [7, 11) is 1.82. The molecule has 160 valence electrons. The first kappa shape index (κ1) is 21.6. The van der Waals surface area contributed by atoms with Crippen molar-refractivity contribution in [1.29, 1.82) is 0 Å². The summed E-state index contributed by atoms with van der Waals surface area (Å²) < 4.78 is 5.16. The molecule has 2 aliphatic heterocycles. The lowest BCUT2D eigenvalue weighted by atomic mass is 9.97. The molecule has 29 heavy (non-hydrogen) atoms. The molecule has 0 saturated carbocycles. The molecule has 2 saturated heterocycles. The number of likely N-dealkylation sites (tertiary alicyclic amines) is 2. The minimum absolute atomic E-state index is 0.0248. The van der Waals surface area contributed by atoms with Gasteiger partial charge in [-0.15, -0.1) is 0 Å². The molecule has 6 heteroatoms. The average Bonchev–Trinajstić information content (AvgIpc) is 2.76. The van der Waals surface area contributed by atoms with Gasteiger partial charge in [0.1, 0.15) is 0 Å². The van der Waals surface area contributed by atoms with Gasteiger partial charge in [-0.2, -0.15) is 0 Å². The van der Waals surface area contributed by atoms with Gasteiger partial charge in [0.2, 0.25) is 0 Å². The number of rotatable bonds is 6. The topological polar surface area (TPSA) is 57.2 Å². The molecule has 2 heterocycles. The largest absolute Gasteiger partial charge is 0.466 e. The van der Waals surface area contributed by atoms with Crippen LogP contribution in [0.15, 0.2) is 29.3 Å². The van der Waals surface area contributed by atoms with Gasteiger partial charge in [0.05, 0.1) is 12.5 Å². The van der Waals surface area contributed by atoms with Crippen LogP contribution in [0.2, 0.25) is 0 Å². The predicted octanol–water partition coefficient (Wildman–Crippen LogP) is 3.02. The normalized spacial score (nSPS) is 19.2. The molecule has 0 aliphatic carbocycles. The van der Waals surface area contributed by atoms with Crippen LogP contribution in [0, 0.1) is 5.92 Å². The summed E-state index contributed by atoms with van der Waals surface area (Å²) in [6, 6.07) is 8.93. The Labute approximate surface area is 175 Å². The van der Waals surface area contributed by atoms with E-state index in [2.05, 4.69) is 44.4 Å². The third-order valence-corrected chi connectivity index (χ3v) is 5.95. The molecular formula is C23H36N4O2. The monoisotopic (exact) mass is 400 g/mol. The first-order chi connectivity index (χ1) is 14.2. The molecule has 1 aromatic rings. The van der Waals surface area contributed by atoms with Gasteiger partial charge in [-0.3, -0.25) is 14.7 Å². The molecule has 0 amide bonds. The number of nitrogens with one attached hydrogen (secondary N) is 1. The van der Waals surface area contributed by atoms with Crippen molar-refractivity contribution in [2.45, 2.75) is 52.1 Å². The Hall–Kier alpha value is -2.08. The Morgan fingerprint density at radius 1 is 1.07 bits per heavy atom. The van der Waals surface area contributed by atoms with E-state index < -0.39 is 0 Å². The van der Waals surface area contributed by atoms with Crippen molar-refractivity contribution in [1.82, 2.24) is 15.1 Å². The molecule has 2 fully saturated rings. The Balaban J connectivity index is 1.44. The van der Waals surface area contributed by atoms with E-state index in [1.807, 2.05) is 14.0 Å². The lowest BCUT2D eigenvalue weighted by molar-refractivity contribution is -0.149. The van der Waals surface area contributed by atoms with Gasteiger partial charge in [0.15, 0.2) is 5.96 Å². The van der Waals surface area contributed by atoms with E-state index in [9.17, 15) is 4.79 Å². The number of ether oxygens (including phenoxy) is 1. The van der Waals surface area contributed by atoms with E-state index in [1.54, 1.807) is 0 Å². The van der Waals surface area contributed by atoms with Crippen LogP contribution in [0.25, 0.3) is 0 Å². The zero-order valence-corrected chi connectivity index (χ0v) is 18.0. The van der Waals surface area contributed by atoms with E-state index >= 15 is 0 Å². The standard InChI is InChI=1S/C23H36N4O2/c1-3-29-22(28)21-11-15-27(16-12-21)23(24-2)25-17-19-7-9-20(10-8-19)18-26-13-5-4-6-14-26/h7-10,21H,3-6,11-18H2,1-2H3,(H,24,25). The van der Waals surface area contributed by atoms with E-state index in [4.69, 9.17) is 4.74 Å². The highest BCUT2D eigenvalue weighted by Crippen LogP contribution is 2.19. The van der Waals surface area contributed by atoms with E-state index in [0.717, 1.165) is 45.0 Å². The molecule has 6 nitrogen and oxygen atoms in total. The number of nitrogens with zero attached hydrogens (tertiary/aromatic N) is 3. The van der Waals surface area contributed by atoms with Gasteiger partial charge < -0.3 is 15.0 Å². The van der Waals surface area contributed by atoms with Crippen molar-refractivity contribution in [3.05, 3.63) is 35.4 Å². The molecule has 0 bridgehead atoms. The number of hydrogen-bond donors (Lipinski definition) is 1. The highest BCUT2D eigenvalue weighted by atomic mass is 16.5. The summed E-state index contributed by atoms with van der Waals surface area (Å²) >= 11 is 0. The third-order valence-electron chi connectivity index (χ3n) is 5.95. The molecule has 0 aromatic heterocycles. The quantitative estimate of drug-likeness (QED) is 0.452. The molecule has 1 N–H and O–H groups in total. The number of hydrogen-bond acceptors (Lipinski definition) is 4. The highest BCUT2D eigenvalue weighted by molar-refractivity contribution is 5.80. The molecule has 0 radical (unpaired) electrons. The molecule has 2 aliphatic rings. The SMILES string of the molecule is CCOC(=O)C1CCN(C(=NC)NCc2ccc(CN3CCCCC3)cc2)CC1. The summed E-state index contributed by atoms with van der Waals surface area (Å²) in [6.45, 7) is 8.26. The van der Waals surface area contributed by atoms with Crippen LogP contribution in [-0.2, 0) is 22.6 Å². The minimum atomic E-state index is -0.0558. The fraction of sp³-hybridized carbons (Fsp3) is 0.652. The lowest BCUT2D eigenvalue weighted by Gasteiger charge is -2.33. The van der Waals surface area contributed by atoms with Crippen LogP contribution >= 0.6 is 0 Å². The Bertz CT molecular complexity index is 660. The summed E-state index contributed by atoms with van der Waals surface area (Å²) in [5, 5.41) is 3.47. The Kier molecular flexibility index (Phi) is 8.35. The zero-order valence-electron chi connectivity index (χ0n) is 18.0. The molecule has 1 aromatic carbocycles. The maximum Gasteiger partial charge on any atom is 0.309 e. The fourth-order valence-electron chi connectivity index (χ4n) is 4.24. The average molecular weight is 401 g/mol. The molecule has 0 unspecified atom stereocenters. The van der Waals surface area contributed by atoms with Crippen molar-refractivity contribution in [3.63, 3.8) is 0 Å². The molecule has 0 atom stereocenters. The number of esters is 1. The van der Waals surface area contributed by atoms with Gasteiger partial charge in [-0.1, -0.05) is 30.7 Å². The fourth-order valence-corrected chi connectivity index (χ4v) is 4.24. The first-order valence-corrected chi connectivity index (χ1v) is 11.1. The van der Waals surface area contributed by atoms with Crippen LogP contribution in [0.1, 0.15) is 50.2 Å². The minimum Gasteiger partial charge on any atom is -0.466 e. The van der Waals surface area contributed by atoms with Crippen molar-refractivity contribution < 1.29 is 9.53 Å². The van der Waals surface area contributed by atoms with Gasteiger partial charge >= 0.3 is 5.97 Å². The molecular weight excluding hydrogens is 364 g/mol. The van der Waals surface area contributed by atoms with Crippen molar-refractivity contribution >= 4 is 11.9 Å². The summed E-state index contributed by atoms with van der Waals surface area (Å²) in [6.07, 6.45) is 5.69. The van der Waals surface area contributed by atoms with Crippen LogP contribution in [0.4, 0.5) is 0 Å². The molecule has 0 spiro atoms. The maximum atomic E-state index is 11.9. The van der Waals surface area contributed by atoms with Gasteiger partial charge in [0.25, 0.3) is 0 Å². The van der Waals surface area contributed by atoms with E-state index in [-0.39, 0.29) is 11.9 Å². The van der Waals surface area contributed by atoms with Crippen LogP contribution < -0.4 is 5.32 Å². The number of aliphatic imine (C=N–C) groups is 1. The molecule has 3 rings (SSSR count). The van der Waals surface area contributed by atoms with E-state index in [0.29, 0.717) is 6.61 Å². The van der Waals surface area contributed by atoms with Crippen molar-refractivity contribution in [3.8, 4) is 0 Å². The summed E-state index contributed by atoms with van der Waals surface area (Å²) in [5.41, 5.74) is 2.65. The Morgan fingerprint density at radius 2 is 1.72 bits per heavy atom. The smallest absolute Gasteiger partial charge is 0.309 e. The van der Waals surface area contributed by atoms with Crippen molar-refractivity contribution in [2.75, 3.05) is 39.8 Å². The zero-order chi connectivity index (χ0) is 20.5.